The Balaban J connectivity index is 1.98. The topological polar surface area (TPSA) is 38.3 Å². The molecule has 1 atom stereocenters. The SMILES string of the molecule is CC(Oc1ccc(F)c(F)c1)C(=O)NCc1ccc(Cl)c(C(F)(F)F)c1. The third kappa shape index (κ3) is 5.08. The van der Waals surface area contributed by atoms with Gasteiger partial charge in [0.2, 0.25) is 0 Å². The summed E-state index contributed by atoms with van der Waals surface area (Å²) in [7, 11) is 0. The quantitative estimate of drug-likeness (QED) is 0.746. The molecule has 0 aromatic heterocycles. The lowest BCUT2D eigenvalue weighted by Crippen LogP contribution is -2.36. The second-order valence-corrected chi connectivity index (χ2v) is 5.77. The van der Waals surface area contributed by atoms with Gasteiger partial charge in [-0.1, -0.05) is 17.7 Å². The van der Waals surface area contributed by atoms with E-state index in [2.05, 4.69) is 5.32 Å². The Morgan fingerprint density at radius 1 is 1.15 bits per heavy atom. The van der Waals surface area contributed by atoms with E-state index < -0.39 is 40.4 Å². The van der Waals surface area contributed by atoms with Crippen molar-refractivity contribution in [2.24, 2.45) is 0 Å². The van der Waals surface area contributed by atoms with Crippen LogP contribution in [-0.2, 0) is 17.5 Å². The molecular formula is C17H13ClF5NO2. The van der Waals surface area contributed by atoms with Crippen molar-refractivity contribution >= 4 is 17.5 Å². The van der Waals surface area contributed by atoms with Crippen molar-refractivity contribution < 1.29 is 31.5 Å². The van der Waals surface area contributed by atoms with Gasteiger partial charge < -0.3 is 10.1 Å². The molecule has 0 aliphatic carbocycles. The van der Waals surface area contributed by atoms with E-state index in [0.717, 1.165) is 30.3 Å². The van der Waals surface area contributed by atoms with Gasteiger partial charge in [-0.15, -0.1) is 0 Å². The van der Waals surface area contributed by atoms with Crippen LogP contribution in [-0.4, -0.2) is 12.0 Å². The van der Waals surface area contributed by atoms with Crippen LogP contribution in [0, 0.1) is 11.6 Å². The summed E-state index contributed by atoms with van der Waals surface area (Å²) in [5, 5.41) is 1.96. The first-order chi connectivity index (χ1) is 12.1. The zero-order valence-corrected chi connectivity index (χ0v) is 14.1. The molecule has 2 rings (SSSR count). The van der Waals surface area contributed by atoms with Crippen LogP contribution in [0.5, 0.6) is 5.75 Å². The minimum absolute atomic E-state index is 0.0580. The summed E-state index contributed by atoms with van der Waals surface area (Å²) in [4.78, 5) is 12.0. The molecule has 0 spiro atoms. The summed E-state index contributed by atoms with van der Waals surface area (Å²) >= 11 is 5.52. The third-order valence-corrected chi connectivity index (χ3v) is 3.71. The molecule has 0 bridgehead atoms. The Morgan fingerprint density at radius 3 is 2.46 bits per heavy atom. The molecule has 3 nitrogen and oxygen atoms in total. The molecular weight excluding hydrogens is 381 g/mol. The van der Waals surface area contributed by atoms with Crippen LogP contribution in [0.2, 0.25) is 5.02 Å². The molecule has 0 radical (unpaired) electrons. The standard InChI is InChI=1S/C17H13ClF5NO2/c1-9(26-11-3-5-14(19)15(20)7-11)16(25)24-8-10-2-4-13(18)12(6-10)17(21,22)23/h2-7,9H,8H2,1H3,(H,24,25). The van der Waals surface area contributed by atoms with Crippen LogP contribution in [0.25, 0.3) is 0 Å². The van der Waals surface area contributed by atoms with Crippen LogP contribution in [0.4, 0.5) is 22.0 Å². The number of alkyl halides is 3. The fraction of sp³-hybridized carbons (Fsp3) is 0.235. The number of ether oxygens (including phenoxy) is 1. The number of rotatable bonds is 5. The van der Waals surface area contributed by atoms with Gasteiger partial charge >= 0.3 is 6.18 Å². The van der Waals surface area contributed by atoms with Gasteiger partial charge in [-0.2, -0.15) is 13.2 Å². The number of halogens is 6. The number of amides is 1. The van der Waals surface area contributed by atoms with E-state index in [1.807, 2.05) is 0 Å². The molecule has 2 aromatic carbocycles. The largest absolute Gasteiger partial charge is 0.481 e. The number of carbonyl (C=O) groups is 1. The summed E-state index contributed by atoms with van der Waals surface area (Å²) in [5.74, 6) is -2.88. The van der Waals surface area contributed by atoms with E-state index >= 15 is 0 Å². The second kappa shape index (κ2) is 7.90. The lowest BCUT2D eigenvalue weighted by molar-refractivity contribution is -0.137. The zero-order valence-electron chi connectivity index (χ0n) is 13.3. The molecule has 0 heterocycles. The molecule has 0 saturated carbocycles. The van der Waals surface area contributed by atoms with Crippen molar-refractivity contribution in [2.45, 2.75) is 25.7 Å². The minimum atomic E-state index is -4.61. The van der Waals surface area contributed by atoms with Gasteiger partial charge in [0, 0.05) is 12.6 Å². The van der Waals surface area contributed by atoms with E-state index in [1.54, 1.807) is 0 Å². The van der Waals surface area contributed by atoms with Gasteiger partial charge in [-0.3, -0.25) is 4.79 Å². The Kier molecular flexibility index (Phi) is 6.07. The average molecular weight is 394 g/mol. The second-order valence-electron chi connectivity index (χ2n) is 5.37. The molecule has 0 saturated heterocycles. The van der Waals surface area contributed by atoms with Crippen molar-refractivity contribution in [2.75, 3.05) is 0 Å². The predicted octanol–water partition coefficient (Wildman–Crippen LogP) is 4.72. The molecule has 0 fully saturated rings. The van der Waals surface area contributed by atoms with Crippen molar-refractivity contribution in [3.8, 4) is 5.75 Å². The molecule has 1 amide bonds. The first-order valence-electron chi connectivity index (χ1n) is 7.33. The predicted molar refractivity (Wildman–Crippen MR) is 84.7 cm³/mol. The Bertz CT molecular complexity index is 810. The highest BCUT2D eigenvalue weighted by molar-refractivity contribution is 6.31. The molecule has 1 unspecified atom stereocenters. The number of carbonyl (C=O) groups excluding carboxylic acids is 1. The molecule has 140 valence electrons. The van der Waals surface area contributed by atoms with Crippen molar-refractivity contribution in [1.29, 1.82) is 0 Å². The van der Waals surface area contributed by atoms with Crippen LogP contribution < -0.4 is 10.1 Å². The van der Waals surface area contributed by atoms with Crippen LogP contribution in [0.1, 0.15) is 18.1 Å². The zero-order chi connectivity index (χ0) is 19.5. The van der Waals surface area contributed by atoms with E-state index in [4.69, 9.17) is 16.3 Å². The van der Waals surface area contributed by atoms with E-state index in [1.165, 1.54) is 13.0 Å². The minimum Gasteiger partial charge on any atom is -0.481 e. The van der Waals surface area contributed by atoms with Crippen LogP contribution in [0.15, 0.2) is 36.4 Å². The molecule has 0 aliphatic heterocycles. The van der Waals surface area contributed by atoms with Gasteiger partial charge in [0.15, 0.2) is 17.7 Å². The van der Waals surface area contributed by atoms with E-state index in [0.29, 0.717) is 0 Å². The summed E-state index contributed by atoms with van der Waals surface area (Å²) in [5.41, 5.74) is -0.813. The van der Waals surface area contributed by atoms with E-state index in [-0.39, 0.29) is 17.9 Å². The van der Waals surface area contributed by atoms with Gasteiger partial charge in [-0.25, -0.2) is 8.78 Å². The van der Waals surface area contributed by atoms with Gasteiger partial charge in [-0.05, 0) is 36.8 Å². The highest BCUT2D eigenvalue weighted by Crippen LogP contribution is 2.35. The molecule has 1 N–H and O–H groups in total. The summed E-state index contributed by atoms with van der Waals surface area (Å²) in [6, 6.07) is 6.06. The van der Waals surface area contributed by atoms with Crippen LogP contribution >= 0.6 is 11.6 Å². The lowest BCUT2D eigenvalue weighted by atomic mass is 10.1. The number of nitrogens with one attached hydrogen (secondary N) is 1. The Morgan fingerprint density at radius 2 is 1.85 bits per heavy atom. The Labute approximate surface area is 150 Å². The molecule has 26 heavy (non-hydrogen) atoms. The van der Waals surface area contributed by atoms with Crippen molar-refractivity contribution in [3.05, 3.63) is 64.2 Å². The number of hydrogen-bond donors (Lipinski definition) is 1. The first-order valence-corrected chi connectivity index (χ1v) is 7.71. The third-order valence-electron chi connectivity index (χ3n) is 3.38. The fourth-order valence-electron chi connectivity index (χ4n) is 2.04. The molecule has 0 aliphatic rings. The number of benzene rings is 2. The lowest BCUT2D eigenvalue weighted by Gasteiger charge is -2.16. The molecule has 2 aromatic rings. The first kappa shape index (κ1) is 20.0. The van der Waals surface area contributed by atoms with Crippen molar-refractivity contribution in [1.82, 2.24) is 5.32 Å². The number of hydrogen-bond acceptors (Lipinski definition) is 2. The smallest absolute Gasteiger partial charge is 0.417 e. The van der Waals surface area contributed by atoms with Gasteiger partial charge in [0.05, 0.1) is 10.6 Å². The van der Waals surface area contributed by atoms with Crippen LogP contribution in [0.3, 0.4) is 0 Å². The monoisotopic (exact) mass is 393 g/mol. The summed E-state index contributed by atoms with van der Waals surface area (Å²) < 4.78 is 69.6. The highest BCUT2D eigenvalue weighted by atomic mass is 35.5. The van der Waals surface area contributed by atoms with E-state index in [9.17, 15) is 26.7 Å². The normalized spacial score (nSPS) is 12.6. The molecule has 9 heteroatoms. The average Bonchev–Trinajstić information content (AvgIpc) is 2.56. The summed E-state index contributed by atoms with van der Waals surface area (Å²) in [6.45, 7) is 1.17. The van der Waals surface area contributed by atoms with Gasteiger partial charge in [0.1, 0.15) is 5.75 Å². The maximum absolute atomic E-state index is 13.1. The van der Waals surface area contributed by atoms with Gasteiger partial charge in [0.25, 0.3) is 5.91 Å². The highest BCUT2D eigenvalue weighted by Gasteiger charge is 2.33. The fourth-order valence-corrected chi connectivity index (χ4v) is 2.27. The Hall–Kier alpha value is -2.35. The maximum atomic E-state index is 13.1. The van der Waals surface area contributed by atoms with Crippen molar-refractivity contribution in [3.63, 3.8) is 0 Å². The maximum Gasteiger partial charge on any atom is 0.417 e. The summed E-state index contributed by atoms with van der Waals surface area (Å²) in [6.07, 6.45) is -5.69.